The third kappa shape index (κ3) is 7.44. The fraction of sp³-hybridized carbons (Fsp3) is 0.167. The van der Waals surface area contributed by atoms with E-state index in [4.69, 9.17) is 4.74 Å². The van der Waals surface area contributed by atoms with Gasteiger partial charge in [-0.15, -0.1) is 11.8 Å². The molecule has 0 bridgehead atoms. The number of benzene rings is 3. The van der Waals surface area contributed by atoms with E-state index in [1.54, 1.807) is 86.0 Å². The van der Waals surface area contributed by atoms with Crippen LogP contribution in [0.25, 0.3) is 0 Å². The van der Waals surface area contributed by atoms with E-state index in [1.807, 2.05) is 12.3 Å². The van der Waals surface area contributed by atoms with Crippen LogP contribution in [0.2, 0.25) is 0 Å². The van der Waals surface area contributed by atoms with E-state index in [2.05, 4.69) is 15.6 Å². The van der Waals surface area contributed by atoms with Crippen LogP contribution in [0.5, 0.6) is 5.75 Å². The van der Waals surface area contributed by atoms with Crippen molar-refractivity contribution in [2.75, 3.05) is 29.0 Å². The number of thioether (sulfide) groups is 1. The number of nitrogens with one attached hydrogen (secondary N) is 2. The Labute approximate surface area is 244 Å². The number of rotatable bonds is 12. The smallest absolute Gasteiger partial charge is 0.264 e. The van der Waals surface area contributed by atoms with Gasteiger partial charge in [0.2, 0.25) is 5.91 Å². The van der Waals surface area contributed by atoms with Gasteiger partial charge in [-0.25, -0.2) is 8.42 Å². The van der Waals surface area contributed by atoms with Crippen molar-refractivity contribution in [1.29, 1.82) is 0 Å². The molecule has 3 aromatic carbocycles. The number of para-hydroxylation sites is 3. The molecular weight excluding hydrogens is 560 g/mol. The first-order chi connectivity index (χ1) is 19.8. The average molecular weight is 591 g/mol. The van der Waals surface area contributed by atoms with Crippen molar-refractivity contribution < 1.29 is 22.7 Å². The number of aromatic nitrogens is 1. The lowest BCUT2D eigenvalue weighted by molar-refractivity contribution is -0.114. The lowest BCUT2D eigenvalue weighted by Gasteiger charge is -2.26. The molecule has 4 aromatic rings. The molecule has 9 nitrogen and oxygen atoms in total. The maximum absolute atomic E-state index is 13.9. The summed E-state index contributed by atoms with van der Waals surface area (Å²) in [7, 11) is -4.17. The number of nitrogens with zero attached hydrogens (tertiary/aromatic N) is 2. The van der Waals surface area contributed by atoms with Crippen LogP contribution in [0.1, 0.15) is 22.8 Å². The van der Waals surface area contributed by atoms with Crippen molar-refractivity contribution in [3.8, 4) is 5.75 Å². The molecule has 0 spiro atoms. The molecule has 41 heavy (non-hydrogen) atoms. The third-order valence-corrected chi connectivity index (χ3v) is 8.51. The Morgan fingerprint density at radius 1 is 0.951 bits per heavy atom. The zero-order valence-corrected chi connectivity index (χ0v) is 24.2. The summed E-state index contributed by atoms with van der Waals surface area (Å²) in [5, 5.41) is 5.54. The van der Waals surface area contributed by atoms with Crippen molar-refractivity contribution in [2.45, 2.75) is 23.3 Å². The first-order valence-corrected chi connectivity index (χ1v) is 15.4. The van der Waals surface area contributed by atoms with Crippen molar-refractivity contribution in [2.24, 2.45) is 0 Å². The van der Waals surface area contributed by atoms with Gasteiger partial charge in [-0.3, -0.25) is 18.9 Å². The lowest BCUT2D eigenvalue weighted by atomic mass is 10.1. The second kappa shape index (κ2) is 13.8. The van der Waals surface area contributed by atoms with Gasteiger partial charge >= 0.3 is 0 Å². The van der Waals surface area contributed by atoms with Gasteiger partial charge in [-0.1, -0.05) is 30.3 Å². The van der Waals surface area contributed by atoms with E-state index in [9.17, 15) is 18.0 Å². The van der Waals surface area contributed by atoms with Gasteiger partial charge in [-0.2, -0.15) is 0 Å². The number of pyridine rings is 1. The molecule has 0 saturated carbocycles. The first kappa shape index (κ1) is 29.6. The van der Waals surface area contributed by atoms with E-state index >= 15 is 0 Å². The van der Waals surface area contributed by atoms with Crippen LogP contribution in [0, 0.1) is 0 Å². The number of hydrogen-bond acceptors (Lipinski definition) is 7. The number of carbonyl (C=O) groups excluding carboxylic acids is 2. The van der Waals surface area contributed by atoms with Crippen LogP contribution in [0.3, 0.4) is 0 Å². The second-order valence-corrected chi connectivity index (χ2v) is 11.5. The highest BCUT2D eigenvalue weighted by atomic mass is 32.2. The molecule has 0 aliphatic carbocycles. The average Bonchev–Trinajstić information content (AvgIpc) is 3.00. The zero-order valence-electron chi connectivity index (χ0n) is 22.6. The minimum atomic E-state index is -4.17. The highest BCUT2D eigenvalue weighted by Gasteiger charge is 2.30. The fourth-order valence-electron chi connectivity index (χ4n) is 4.01. The largest absolute Gasteiger partial charge is 0.492 e. The summed E-state index contributed by atoms with van der Waals surface area (Å²) in [5.41, 5.74) is 1.53. The van der Waals surface area contributed by atoms with Gasteiger partial charge in [0, 0.05) is 23.8 Å². The molecule has 0 aliphatic rings. The topological polar surface area (TPSA) is 118 Å². The highest BCUT2D eigenvalue weighted by Crippen LogP contribution is 2.33. The van der Waals surface area contributed by atoms with E-state index in [-0.39, 0.29) is 28.4 Å². The number of sulfonamides is 1. The monoisotopic (exact) mass is 590 g/mol. The van der Waals surface area contributed by atoms with E-state index < -0.39 is 28.4 Å². The zero-order chi connectivity index (χ0) is 29.2. The van der Waals surface area contributed by atoms with Crippen molar-refractivity contribution >= 4 is 45.0 Å². The Morgan fingerprint density at radius 2 is 1.68 bits per heavy atom. The maximum atomic E-state index is 13.9. The van der Waals surface area contributed by atoms with Gasteiger partial charge in [0.05, 0.1) is 28.4 Å². The van der Waals surface area contributed by atoms with Crippen molar-refractivity contribution in [3.63, 3.8) is 0 Å². The molecule has 0 atom stereocenters. The van der Waals surface area contributed by atoms with Crippen molar-refractivity contribution in [3.05, 3.63) is 108 Å². The Bertz CT molecular complexity index is 1600. The standard InChI is InChI=1S/C30H30N4O5S2/c1-3-39-28-13-7-6-12-27(28)34(41(37,38)24-16-14-23(40-2)15-17-24)21-29(35)33-26-11-5-4-10-25(26)30(36)32-20-22-9-8-18-31-19-22/h4-19H,3,20-21H2,1-2H3,(H,32,36)(H,33,35). The molecule has 0 aliphatic heterocycles. The molecule has 11 heteroatoms. The molecule has 0 saturated heterocycles. The summed E-state index contributed by atoms with van der Waals surface area (Å²) in [4.78, 5) is 31.3. The van der Waals surface area contributed by atoms with Gasteiger partial charge in [0.25, 0.3) is 15.9 Å². The molecule has 1 aromatic heterocycles. The lowest BCUT2D eigenvalue weighted by Crippen LogP contribution is -2.38. The molecule has 212 valence electrons. The van der Waals surface area contributed by atoms with Crippen LogP contribution < -0.4 is 19.7 Å². The summed E-state index contributed by atoms with van der Waals surface area (Å²) in [6.07, 6.45) is 5.19. The molecule has 4 rings (SSSR count). The van der Waals surface area contributed by atoms with Gasteiger partial charge in [0.1, 0.15) is 12.3 Å². The Kier molecular flexibility index (Phi) is 9.99. The van der Waals surface area contributed by atoms with E-state index in [0.717, 1.165) is 14.8 Å². The first-order valence-electron chi connectivity index (χ1n) is 12.8. The predicted octanol–water partition coefficient (Wildman–Crippen LogP) is 4.97. The number of carbonyl (C=O) groups is 2. The summed E-state index contributed by atoms with van der Waals surface area (Å²) in [6, 6.07) is 23.2. The summed E-state index contributed by atoms with van der Waals surface area (Å²) < 4.78 is 34.5. The second-order valence-electron chi connectivity index (χ2n) is 8.73. The Morgan fingerprint density at radius 3 is 2.39 bits per heavy atom. The molecule has 1 heterocycles. The normalized spacial score (nSPS) is 11.0. The fourth-order valence-corrected chi connectivity index (χ4v) is 5.85. The number of ether oxygens (including phenoxy) is 1. The van der Waals surface area contributed by atoms with E-state index in [0.29, 0.717) is 12.4 Å². The van der Waals surface area contributed by atoms with E-state index in [1.165, 1.54) is 23.9 Å². The van der Waals surface area contributed by atoms with Crippen LogP contribution in [-0.4, -0.2) is 44.6 Å². The summed E-state index contributed by atoms with van der Waals surface area (Å²) >= 11 is 1.49. The predicted molar refractivity (Wildman–Crippen MR) is 161 cm³/mol. The van der Waals surface area contributed by atoms with Crippen LogP contribution in [0.15, 0.2) is 107 Å². The molecule has 2 amide bonds. The van der Waals surface area contributed by atoms with Crippen LogP contribution >= 0.6 is 11.8 Å². The Balaban J connectivity index is 1.61. The van der Waals surface area contributed by atoms with Crippen molar-refractivity contribution in [1.82, 2.24) is 10.3 Å². The third-order valence-electron chi connectivity index (χ3n) is 5.99. The minimum Gasteiger partial charge on any atom is -0.492 e. The Hall–Kier alpha value is -4.35. The molecule has 0 radical (unpaired) electrons. The quantitative estimate of drug-likeness (QED) is 0.224. The van der Waals surface area contributed by atoms with Gasteiger partial charge < -0.3 is 15.4 Å². The number of hydrogen-bond donors (Lipinski definition) is 2. The number of amides is 2. The molecule has 2 N–H and O–H groups in total. The maximum Gasteiger partial charge on any atom is 0.264 e. The van der Waals surface area contributed by atoms with Crippen LogP contribution in [-0.2, 0) is 21.4 Å². The summed E-state index contributed by atoms with van der Waals surface area (Å²) in [5.74, 6) is -0.708. The molecule has 0 unspecified atom stereocenters. The van der Waals surface area contributed by atoms with Gasteiger partial charge in [-0.05, 0) is 73.3 Å². The van der Waals surface area contributed by atoms with Crippen LogP contribution in [0.4, 0.5) is 11.4 Å². The molecular formula is C30H30N4O5S2. The molecule has 0 fully saturated rings. The summed E-state index contributed by atoms with van der Waals surface area (Å²) in [6.45, 7) is 1.80. The van der Waals surface area contributed by atoms with Gasteiger partial charge in [0.15, 0.2) is 0 Å². The highest BCUT2D eigenvalue weighted by molar-refractivity contribution is 7.98. The number of anilines is 2. The minimum absolute atomic E-state index is 0.0320. The SMILES string of the molecule is CCOc1ccccc1N(CC(=O)Nc1ccccc1C(=O)NCc1cccnc1)S(=O)(=O)c1ccc(SC)cc1.